The molecular weight excluding hydrogens is 167 g/mol. The Bertz CT molecular complexity index is 176. The molecule has 1 aliphatic carbocycles. The maximum Gasteiger partial charge on any atom is 0.141 e. The van der Waals surface area contributed by atoms with E-state index in [-0.39, 0.29) is 18.5 Å². The summed E-state index contributed by atoms with van der Waals surface area (Å²) in [6.07, 6.45) is 5.36. The Morgan fingerprint density at radius 3 is 2.54 bits per heavy atom. The summed E-state index contributed by atoms with van der Waals surface area (Å²) in [5.74, 6) is 0.244. The normalized spacial score (nSPS) is 34.2. The summed E-state index contributed by atoms with van der Waals surface area (Å²) in [5.41, 5.74) is 4.45. The molecule has 2 aliphatic rings. The van der Waals surface area contributed by atoms with Crippen LogP contribution < -0.4 is 11.1 Å². The molecule has 1 saturated carbocycles. The van der Waals surface area contributed by atoms with Gasteiger partial charge >= 0.3 is 0 Å². The van der Waals surface area contributed by atoms with Crippen LogP contribution in [0.5, 0.6) is 0 Å². The monoisotopic (exact) mass is 186 g/mol. The summed E-state index contributed by atoms with van der Waals surface area (Å²) in [6.45, 7) is 1.15. The molecule has 2 atom stereocenters. The van der Waals surface area contributed by atoms with Crippen molar-refractivity contribution in [3.05, 3.63) is 0 Å². The Hall–Kier alpha value is -0.150. The molecule has 0 aromatic rings. The lowest BCUT2D eigenvalue weighted by molar-refractivity contribution is 0.0732. The fraction of sp³-hybridized carbons (Fsp3) is 1.00. The Kier molecular flexibility index (Phi) is 2.56. The SMILES string of the molecule is NCC(F)(C1CC1)C1CCCCN1. The average Bonchev–Trinajstić information content (AvgIpc) is 3.02. The minimum absolute atomic E-state index is 0.0266. The molecule has 1 aliphatic heterocycles. The van der Waals surface area contributed by atoms with E-state index in [2.05, 4.69) is 5.32 Å². The van der Waals surface area contributed by atoms with Crippen LogP contribution in [0.25, 0.3) is 0 Å². The molecule has 2 fully saturated rings. The van der Waals surface area contributed by atoms with Crippen molar-refractivity contribution in [1.82, 2.24) is 5.32 Å². The van der Waals surface area contributed by atoms with Crippen molar-refractivity contribution in [1.29, 1.82) is 0 Å². The van der Waals surface area contributed by atoms with Gasteiger partial charge in [0.2, 0.25) is 0 Å². The number of halogens is 1. The molecule has 2 unspecified atom stereocenters. The molecule has 0 radical (unpaired) electrons. The van der Waals surface area contributed by atoms with Crippen LogP contribution in [0, 0.1) is 5.92 Å². The van der Waals surface area contributed by atoms with Gasteiger partial charge in [0.05, 0.1) is 0 Å². The number of hydrogen-bond acceptors (Lipinski definition) is 2. The summed E-state index contributed by atoms with van der Waals surface area (Å²) in [7, 11) is 0. The third-order valence-corrected chi connectivity index (χ3v) is 3.46. The Morgan fingerprint density at radius 2 is 2.08 bits per heavy atom. The topological polar surface area (TPSA) is 38.0 Å². The van der Waals surface area contributed by atoms with E-state index in [1.54, 1.807) is 0 Å². The Labute approximate surface area is 79.1 Å². The highest BCUT2D eigenvalue weighted by Crippen LogP contribution is 2.45. The van der Waals surface area contributed by atoms with Crippen molar-refractivity contribution in [2.24, 2.45) is 11.7 Å². The maximum absolute atomic E-state index is 14.4. The van der Waals surface area contributed by atoms with Crippen LogP contribution in [0.3, 0.4) is 0 Å². The minimum Gasteiger partial charge on any atom is -0.327 e. The number of hydrogen-bond donors (Lipinski definition) is 2. The van der Waals surface area contributed by atoms with Gasteiger partial charge in [-0.15, -0.1) is 0 Å². The van der Waals surface area contributed by atoms with Crippen molar-refractivity contribution in [2.45, 2.75) is 43.8 Å². The third kappa shape index (κ3) is 1.72. The van der Waals surface area contributed by atoms with Crippen molar-refractivity contribution < 1.29 is 4.39 Å². The first-order chi connectivity index (χ1) is 6.27. The fourth-order valence-corrected chi connectivity index (χ4v) is 2.42. The van der Waals surface area contributed by atoms with Gasteiger partial charge in [-0.25, -0.2) is 4.39 Å². The predicted molar refractivity (Wildman–Crippen MR) is 51.3 cm³/mol. The van der Waals surface area contributed by atoms with Crippen LogP contribution in [-0.2, 0) is 0 Å². The molecule has 0 aromatic carbocycles. The molecule has 3 heteroatoms. The molecule has 0 spiro atoms. The number of alkyl halides is 1. The first-order valence-corrected chi connectivity index (χ1v) is 5.40. The Balaban J connectivity index is 2.00. The van der Waals surface area contributed by atoms with E-state index in [9.17, 15) is 4.39 Å². The average molecular weight is 186 g/mol. The molecule has 0 aromatic heterocycles. The highest BCUT2D eigenvalue weighted by Gasteiger charge is 2.50. The molecule has 0 bridgehead atoms. The molecule has 2 rings (SSSR count). The van der Waals surface area contributed by atoms with Crippen molar-refractivity contribution in [3.8, 4) is 0 Å². The summed E-state index contributed by atoms with van der Waals surface area (Å²) < 4.78 is 14.4. The van der Waals surface area contributed by atoms with E-state index in [4.69, 9.17) is 5.73 Å². The van der Waals surface area contributed by atoms with E-state index in [1.807, 2.05) is 0 Å². The highest BCUT2D eigenvalue weighted by atomic mass is 19.1. The zero-order chi connectivity index (χ0) is 9.31. The third-order valence-electron chi connectivity index (χ3n) is 3.46. The molecule has 0 amide bonds. The van der Waals surface area contributed by atoms with Gasteiger partial charge in [-0.2, -0.15) is 0 Å². The lowest BCUT2D eigenvalue weighted by Crippen LogP contribution is -2.55. The van der Waals surface area contributed by atoms with E-state index in [0.717, 1.165) is 32.2 Å². The lowest BCUT2D eigenvalue weighted by atomic mass is 9.85. The van der Waals surface area contributed by atoms with Crippen LogP contribution in [0.1, 0.15) is 32.1 Å². The van der Waals surface area contributed by atoms with E-state index < -0.39 is 5.67 Å². The standard InChI is InChI=1S/C10H19FN2/c11-10(7-12,8-4-5-8)9-3-1-2-6-13-9/h8-9,13H,1-7,12H2. The minimum atomic E-state index is -1.11. The van der Waals surface area contributed by atoms with Crippen molar-refractivity contribution >= 4 is 0 Å². The van der Waals surface area contributed by atoms with Gasteiger partial charge in [0.15, 0.2) is 0 Å². The highest BCUT2D eigenvalue weighted by molar-refractivity contribution is 5.04. The number of nitrogens with one attached hydrogen (secondary N) is 1. The molecule has 1 saturated heterocycles. The van der Waals surface area contributed by atoms with E-state index in [1.165, 1.54) is 6.42 Å². The van der Waals surface area contributed by atoms with Crippen molar-refractivity contribution in [3.63, 3.8) is 0 Å². The lowest BCUT2D eigenvalue weighted by Gasteiger charge is -2.36. The van der Waals surface area contributed by atoms with Crippen LogP contribution in [-0.4, -0.2) is 24.8 Å². The smallest absolute Gasteiger partial charge is 0.141 e. The molecule has 1 heterocycles. The zero-order valence-corrected chi connectivity index (χ0v) is 8.06. The summed E-state index contributed by atoms with van der Waals surface area (Å²) in [6, 6.07) is 0.0266. The molecule has 2 nitrogen and oxygen atoms in total. The second kappa shape index (κ2) is 3.54. The van der Waals surface area contributed by atoms with Gasteiger partial charge < -0.3 is 11.1 Å². The second-order valence-electron chi connectivity index (χ2n) is 4.41. The Morgan fingerprint density at radius 1 is 1.31 bits per heavy atom. The maximum atomic E-state index is 14.4. The van der Waals surface area contributed by atoms with Gasteiger partial charge in [-0.3, -0.25) is 0 Å². The number of piperidine rings is 1. The number of nitrogens with two attached hydrogens (primary N) is 1. The first-order valence-electron chi connectivity index (χ1n) is 5.40. The van der Waals surface area contributed by atoms with Crippen LogP contribution in [0.2, 0.25) is 0 Å². The summed E-state index contributed by atoms with van der Waals surface area (Å²) >= 11 is 0. The molecule has 13 heavy (non-hydrogen) atoms. The largest absolute Gasteiger partial charge is 0.327 e. The quantitative estimate of drug-likeness (QED) is 0.695. The predicted octanol–water partition coefficient (Wildman–Crippen LogP) is 1.21. The van der Waals surface area contributed by atoms with Gasteiger partial charge in [-0.05, 0) is 38.1 Å². The number of rotatable bonds is 3. The summed E-state index contributed by atoms with van der Waals surface area (Å²) in [5, 5.41) is 3.28. The first kappa shape index (κ1) is 9.41. The fourth-order valence-electron chi connectivity index (χ4n) is 2.42. The van der Waals surface area contributed by atoms with E-state index >= 15 is 0 Å². The van der Waals surface area contributed by atoms with Gasteiger partial charge in [0.25, 0.3) is 0 Å². The van der Waals surface area contributed by atoms with Gasteiger partial charge in [0.1, 0.15) is 5.67 Å². The van der Waals surface area contributed by atoms with Gasteiger partial charge in [-0.1, -0.05) is 6.42 Å². The molecular formula is C10H19FN2. The van der Waals surface area contributed by atoms with Crippen LogP contribution in [0.4, 0.5) is 4.39 Å². The zero-order valence-electron chi connectivity index (χ0n) is 8.06. The van der Waals surface area contributed by atoms with Crippen LogP contribution >= 0.6 is 0 Å². The second-order valence-corrected chi connectivity index (χ2v) is 4.41. The van der Waals surface area contributed by atoms with Gasteiger partial charge in [0, 0.05) is 12.6 Å². The molecule has 3 N–H and O–H groups in total. The van der Waals surface area contributed by atoms with E-state index in [0.29, 0.717) is 0 Å². The van der Waals surface area contributed by atoms with Crippen molar-refractivity contribution in [2.75, 3.05) is 13.1 Å². The summed E-state index contributed by atoms with van der Waals surface area (Å²) in [4.78, 5) is 0. The molecule has 76 valence electrons. The van der Waals surface area contributed by atoms with Crippen LogP contribution in [0.15, 0.2) is 0 Å².